The van der Waals surface area contributed by atoms with Gasteiger partial charge in [0.15, 0.2) is 11.6 Å². The SMILES string of the molecule is Cc1ccc(C(F)(F)F)c(Oc2ccc(NC(=O)c3c(F)ccc(F)c3F)cc2)c1. The van der Waals surface area contributed by atoms with Crippen LogP contribution >= 0.6 is 0 Å². The maximum Gasteiger partial charge on any atom is 0.419 e. The van der Waals surface area contributed by atoms with E-state index in [1.165, 1.54) is 36.4 Å². The molecular formula is C21H13F6NO2. The summed E-state index contributed by atoms with van der Waals surface area (Å²) in [5, 5.41) is 2.18. The number of benzene rings is 3. The van der Waals surface area contributed by atoms with E-state index < -0.39 is 46.4 Å². The third-order valence-corrected chi connectivity index (χ3v) is 4.05. The molecular weight excluding hydrogens is 412 g/mol. The lowest BCUT2D eigenvalue weighted by molar-refractivity contribution is -0.138. The number of nitrogens with one attached hydrogen (secondary N) is 1. The molecule has 0 aromatic heterocycles. The Hall–Kier alpha value is -3.49. The lowest BCUT2D eigenvalue weighted by Gasteiger charge is -2.15. The molecule has 0 aliphatic carbocycles. The zero-order valence-electron chi connectivity index (χ0n) is 15.3. The standard InChI is InChI=1S/C21H13F6NO2/c1-11-2-7-14(21(25,26)27)17(10-11)30-13-5-3-12(4-6-13)28-20(29)18-15(22)8-9-16(23)19(18)24/h2-10H,1H3,(H,28,29). The van der Waals surface area contributed by atoms with Crippen LogP contribution in [0.2, 0.25) is 0 Å². The summed E-state index contributed by atoms with van der Waals surface area (Å²) in [6.45, 7) is 1.61. The van der Waals surface area contributed by atoms with Gasteiger partial charge in [-0.25, -0.2) is 13.2 Å². The molecule has 1 amide bonds. The number of anilines is 1. The monoisotopic (exact) mass is 425 g/mol. The molecule has 0 radical (unpaired) electrons. The first-order valence-corrected chi connectivity index (χ1v) is 8.47. The van der Waals surface area contributed by atoms with Crippen LogP contribution in [0.4, 0.5) is 32.0 Å². The summed E-state index contributed by atoms with van der Waals surface area (Å²) in [6.07, 6.45) is -4.62. The van der Waals surface area contributed by atoms with Gasteiger partial charge in [-0.2, -0.15) is 13.2 Å². The molecule has 3 aromatic carbocycles. The van der Waals surface area contributed by atoms with E-state index in [4.69, 9.17) is 4.74 Å². The number of halogens is 6. The van der Waals surface area contributed by atoms with Crippen LogP contribution in [0.3, 0.4) is 0 Å². The first kappa shape index (κ1) is 21.2. The molecule has 0 unspecified atom stereocenters. The van der Waals surface area contributed by atoms with Gasteiger partial charge >= 0.3 is 6.18 Å². The Labute approximate surface area is 166 Å². The molecule has 0 aliphatic rings. The summed E-state index contributed by atoms with van der Waals surface area (Å²) in [6, 6.07) is 9.64. The Morgan fingerprint density at radius 1 is 0.900 bits per heavy atom. The van der Waals surface area contributed by atoms with Crippen LogP contribution < -0.4 is 10.1 Å². The van der Waals surface area contributed by atoms with Gasteiger partial charge in [-0.15, -0.1) is 0 Å². The first-order valence-electron chi connectivity index (χ1n) is 8.47. The van der Waals surface area contributed by atoms with Crippen molar-refractivity contribution in [3.63, 3.8) is 0 Å². The van der Waals surface area contributed by atoms with Crippen molar-refractivity contribution in [1.82, 2.24) is 0 Å². The number of rotatable bonds is 4. The molecule has 0 fully saturated rings. The zero-order valence-corrected chi connectivity index (χ0v) is 15.3. The molecule has 0 atom stereocenters. The molecule has 30 heavy (non-hydrogen) atoms. The van der Waals surface area contributed by atoms with E-state index in [0.717, 1.165) is 6.07 Å². The van der Waals surface area contributed by atoms with Crippen molar-refractivity contribution in [2.45, 2.75) is 13.1 Å². The minimum atomic E-state index is -4.62. The van der Waals surface area contributed by atoms with Crippen LogP contribution in [0.5, 0.6) is 11.5 Å². The van der Waals surface area contributed by atoms with Crippen LogP contribution in [0.15, 0.2) is 54.6 Å². The summed E-state index contributed by atoms with van der Waals surface area (Å²) < 4.78 is 85.3. The predicted octanol–water partition coefficient (Wildman–Crippen LogP) is 6.48. The van der Waals surface area contributed by atoms with E-state index in [-0.39, 0.29) is 11.4 Å². The molecule has 0 saturated carbocycles. The molecule has 0 aliphatic heterocycles. The number of alkyl halides is 3. The van der Waals surface area contributed by atoms with Gasteiger partial charge in [0.25, 0.3) is 5.91 Å². The summed E-state index contributed by atoms with van der Waals surface area (Å²) >= 11 is 0. The second-order valence-electron chi connectivity index (χ2n) is 6.30. The fourth-order valence-corrected chi connectivity index (χ4v) is 2.61. The van der Waals surface area contributed by atoms with Crippen molar-refractivity contribution < 1.29 is 35.9 Å². The minimum absolute atomic E-state index is 0.0345. The highest BCUT2D eigenvalue weighted by molar-refractivity contribution is 6.04. The minimum Gasteiger partial charge on any atom is -0.457 e. The molecule has 0 spiro atoms. The Morgan fingerprint density at radius 3 is 2.17 bits per heavy atom. The number of amides is 1. The smallest absolute Gasteiger partial charge is 0.419 e. The average molecular weight is 425 g/mol. The highest BCUT2D eigenvalue weighted by Crippen LogP contribution is 2.38. The summed E-state index contributed by atoms with van der Waals surface area (Å²) in [5.41, 5.74) is -1.43. The van der Waals surface area contributed by atoms with Crippen LogP contribution in [-0.4, -0.2) is 5.91 Å². The van der Waals surface area contributed by atoms with Gasteiger partial charge in [0.05, 0.1) is 5.56 Å². The Kier molecular flexibility index (Phi) is 5.73. The molecule has 3 rings (SSSR count). The number of aryl methyl sites for hydroxylation is 1. The lowest BCUT2D eigenvalue weighted by atomic mass is 10.1. The van der Waals surface area contributed by atoms with E-state index >= 15 is 0 Å². The quantitative estimate of drug-likeness (QED) is 0.384. The second-order valence-corrected chi connectivity index (χ2v) is 6.30. The van der Waals surface area contributed by atoms with Crippen molar-refractivity contribution in [3.8, 4) is 11.5 Å². The molecule has 0 heterocycles. The van der Waals surface area contributed by atoms with Crippen molar-refractivity contribution in [1.29, 1.82) is 0 Å². The number of hydrogen-bond acceptors (Lipinski definition) is 2. The highest BCUT2D eigenvalue weighted by atomic mass is 19.4. The zero-order chi connectivity index (χ0) is 22.1. The second kappa shape index (κ2) is 8.10. The molecule has 3 nitrogen and oxygen atoms in total. The van der Waals surface area contributed by atoms with E-state index in [2.05, 4.69) is 5.32 Å². The Bertz CT molecular complexity index is 1090. The average Bonchev–Trinajstić information content (AvgIpc) is 2.66. The molecule has 1 N–H and O–H groups in total. The topological polar surface area (TPSA) is 38.3 Å². The third-order valence-electron chi connectivity index (χ3n) is 4.05. The van der Waals surface area contributed by atoms with Gasteiger partial charge in [0, 0.05) is 5.69 Å². The normalized spacial score (nSPS) is 11.3. The molecule has 9 heteroatoms. The van der Waals surface area contributed by atoms with Crippen LogP contribution in [0.1, 0.15) is 21.5 Å². The summed E-state index contributed by atoms with van der Waals surface area (Å²) in [5.74, 6) is -5.85. The number of hydrogen-bond donors (Lipinski definition) is 1. The fraction of sp³-hybridized carbons (Fsp3) is 0.0952. The van der Waals surface area contributed by atoms with E-state index in [0.29, 0.717) is 17.7 Å². The first-order chi connectivity index (χ1) is 14.1. The van der Waals surface area contributed by atoms with Crippen LogP contribution in [0.25, 0.3) is 0 Å². The number of ether oxygens (including phenoxy) is 1. The fourth-order valence-electron chi connectivity index (χ4n) is 2.61. The van der Waals surface area contributed by atoms with Gasteiger partial charge in [0.1, 0.15) is 22.9 Å². The van der Waals surface area contributed by atoms with Crippen LogP contribution in [0, 0.1) is 24.4 Å². The molecule has 0 bridgehead atoms. The largest absolute Gasteiger partial charge is 0.457 e. The van der Waals surface area contributed by atoms with Gasteiger partial charge in [-0.1, -0.05) is 6.07 Å². The maximum atomic E-state index is 13.7. The van der Waals surface area contributed by atoms with E-state index in [9.17, 15) is 31.1 Å². The summed E-state index contributed by atoms with van der Waals surface area (Å²) in [7, 11) is 0. The number of carbonyl (C=O) groups excluding carboxylic acids is 1. The van der Waals surface area contributed by atoms with Crippen molar-refractivity contribution in [2.75, 3.05) is 5.32 Å². The Morgan fingerprint density at radius 2 is 1.53 bits per heavy atom. The molecule has 156 valence electrons. The summed E-state index contributed by atoms with van der Waals surface area (Å²) in [4.78, 5) is 12.1. The van der Waals surface area contributed by atoms with Gasteiger partial charge in [0.2, 0.25) is 0 Å². The number of carbonyl (C=O) groups is 1. The van der Waals surface area contributed by atoms with Gasteiger partial charge < -0.3 is 10.1 Å². The predicted molar refractivity (Wildman–Crippen MR) is 97.0 cm³/mol. The van der Waals surface area contributed by atoms with E-state index in [1.54, 1.807) is 6.92 Å². The van der Waals surface area contributed by atoms with Crippen molar-refractivity contribution in [3.05, 3.63) is 88.7 Å². The molecule has 0 saturated heterocycles. The van der Waals surface area contributed by atoms with Crippen LogP contribution in [-0.2, 0) is 6.18 Å². The van der Waals surface area contributed by atoms with E-state index in [1.807, 2.05) is 0 Å². The maximum absolute atomic E-state index is 13.7. The molecule has 3 aromatic rings. The highest BCUT2D eigenvalue weighted by Gasteiger charge is 2.34. The third kappa shape index (κ3) is 4.56. The van der Waals surface area contributed by atoms with Crippen molar-refractivity contribution in [2.24, 2.45) is 0 Å². The Balaban J connectivity index is 1.79. The van der Waals surface area contributed by atoms with Crippen molar-refractivity contribution >= 4 is 11.6 Å². The van der Waals surface area contributed by atoms with Gasteiger partial charge in [-0.05, 0) is 61.0 Å². The lowest BCUT2D eigenvalue weighted by Crippen LogP contribution is -2.16. The van der Waals surface area contributed by atoms with Gasteiger partial charge in [-0.3, -0.25) is 4.79 Å².